The van der Waals surface area contributed by atoms with Crippen molar-refractivity contribution in [1.82, 2.24) is 10.2 Å². The molecule has 0 aliphatic rings. The van der Waals surface area contributed by atoms with Gasteiger partial charge in [-0.2, -0.15) is 0 Å². The second-order valence-corrected chi connectivity index (χ2v) is 12.2. The molecule has 0 aliphatic carbocycles. The first kappa shape index (κ1) is 31.4. The highest BCUT2D eigenvalue weighted by atomic mass is 32.2. The minimum atomic E-state index is -4.32. The molecule has 41 heavy (non-hydrogen) atoms. The SMILES string of the molecule is COc1ccc(S(=O)(=O)N(CC(=O)N(Cc2ccccc2F)[C@H](C)C(=O)NC(C)(C)C)c2ccccc2OC)cc1. The summed E-state index contributed by atoms with van der Waals surface area (Å²) in [4.78, 5) is 28.2. The predicted octanol–water partition coefficient (Wildman–Crippen LogP) is 4.37. The van der Waals surface area contributed by atoms with Crippen LogP contribution in [0.3, 0.4) is 0 Å². The van der Waals surface area contributed by atoms with E-state index in [2.05, 4.69) is 5.32 Å². The Balaban J connectivity index is 2.09. The summed E-state index contributed by atoms with van der Waals surface area (Å²) >= 11 is 0. The molecule has 220 valence electrons. The molecule has 0 aliphatic heterocycles. The summed E-state index contributed by atoms with van der Waals surface area (Å²) in [5, 5.41) is 2.83. The average Bonchev–Trinajstić information content (AvgIpc) is 2.94. The highest BCUT2D eigenvalue weighted by Crippen LogP contribution is 2.33. The maximum absolute atomic E-state index is 14.7. The van der Waals surface area contributed by atoms with Gasteiger partial charge in [0.15, 0.2) is 0 Å². The van der Waals surface area contributed by atoms with Crippen LogP contribution < -0.4 is 19.1 Å². The van der Waals surface area contributed by atoms with E-state index in [1.165, 1.54) is 74.6 Å². The van der Waals surface area contributed by atoms with Crippen LogP contribution in [0.25, 0.3) is 0 Å². The lowest BCUT2D eigenvalue weighted by Gasteiger charge is -2.33. The Morgan fingerprint density at radius 3 is 2.12 bits per heavy atom. The Bertz CT molecular complexity index is 1470. The Morgan fingerprint density at radius 2 is 1.54 bits per heavy atom. The van der Waals surface area contributed by atoms with Crippen molar-refractivity contribution in [1.29, 1.82) is 0 Å². The number of nitrogens with zero attached hydrogens (tertiary/aromatic N) is 2. The van der Waals surface area contributed by atoms with E-state index in [1.807, 2.05) is 0 Å². The van der Waals surface area contributed by atoms with Crippen molar-refractivity contribution in [3.8, 4) is 11.5 Å². The summed E-state index contributed by atoms with van der Waals surface area (Å²) in [5.41, 5.74) is -0.297. The molecule has 11 heteroatoms. The molecule has 0 fully saturated rings. The number of ether oxygens (including phenoxy) is 2. The molecule has 0 bridgehead atoms. The molecule has 0 saturated carbocycles. The summed E-state index contributed by atoms with van der Waals surface area (Å²) in [5.74, 6) is -1.06. The van der Waals surface area contributed by atoms with Crippen LogP contribution >= 0.6 is 0 Å². The van der Waals surface area contributed by atoms with Crippen LogP contribution in [0.4, 0.5) is 10.1 Å². The second-order valence-electron chi connectivity index (χ2n) is 10.4. The van der Waals surface area contributed by atoms with E-state index in [4.69, 9.17) is 9.47 Å². The number of rotatable bonds is 11. The molecular formula is C30H36FN3O6S. The van der Waals surface area contributed by atoms with Crippen LogP contribution in [0.1, 0.15) is 33.3 Å². The third-order valence-corrected chi connectivity index (χ3v) is 8.02. The molecule has 0 aromatic heterocycles. The number of methoxy groups -OCH3 is 2. The maximum atomic E-state index is 14.7. The highest BCUT2D eigenvalue weighted by molar-refractivity contribution is 7.92. The molecule has 3 aromatic rings. The number of hydrogen-bond acceptors (Lipinski definition) is 6. The van der Waals surface area contributed by atoms with Gasteiger partial charge in [-0.25, -0.2) is 12.8 Å². The number of hydrogen-bond donors (Lipinski definition) is 1. The number of para-hydroxylation sites is 2. The van der Waals surface area contributed by atoms with Gasteiger partial charge < -0.3 is 19.7 Å². The van der Waals surface area contributed by atoms with Crippen molar-refractivity contribution < 1.29 is 31.9 Å². The molecule has 9 nitrogen and oxygen atoms in total. The number of carbonyl (C=O) groups is 2. The summed E-state index contributed by atoms with van der Waals surface area (Å²) in [6.07, 6.45) is 0. The number of amides is 2. The molecule has 0 spiro atoms. The number of carbonyl (C=O) groups excluding carboxylic acids is 2. The molecule has 0 saturated heterocycles. The van der Waals surface area contributed by atoms with Gasteiger partial charge in [0.1, 0.15) is 29.9 Å². The van der Waals surface area contributed by atoms with Crippen molar-refractivity contribution in [2.24, 2.45) is 0 Å². The molecule has 0 radical (unpaired) electrons. The number of benzene rings is 3. The summed E-state index contributed by atoms with van der Waals surface area (Å²) in [6.45, 7) is 5.97. The van der Waals surface area contributed by atoms with E-state index in [0.717, 1.165) is 4.31 Å². The maximum Gasteiger partial charge on any atom is 0.264 e. The van der Waals surface area contributed by atoms with E-state index in [1.54, 1.807) is 45.0 Å². The smallest absolute Gasteiger partial charge is 0.264 e. The Labute approximate surface area is 240 Å². The molecular weight excluding hydrogens is 549 g/mol. The Morgan fingerprint density at radius 1 is 0.927 bits per heavy atom. The van der Waals surface area contributed by atoms with Gasteiger partial charge in [-0.05, 0) is 70.2 Å². The minimum absolute atomic E-state index is 0.0869. The number of halogens is 1. The van der Waals surface area contributed by atoms with Crippen molar-refractivity contribution in [3.05, 3.63) is 84.2 Å². The summed E-state index contributed by atoms with van der Waals surface area (Å²) in [7, 11) is -1.47. The zero-order chi connectivity index (χ0) is 30.4. The normalized spacial score (nSPS) is 12.3. The van der Waals surface area contributed by atoms with Crippen molar-refractivity contribution >= 4 is 27.5 Å². The minimum Gasteiger partial charge on any atom is -0.497 e. The molecule has 3 aromatic carbocycles. The van der Waals surface area contributed by atoms with Gasteiger partial charge in [-0.1, -0.05) is 30.3 Å². The number of anilines is 1. The lowest BCUT2D eigenvalue weighted by atomic mass is 10.1. The Hall–Kier alpha value is -4.12. The number of sulfonamides is 1. The predicted molar refractivity (Wildman–Crippen MR) is 155 cm³/mol. The lowest BCUT2D eigenvalue weighted by molar-refractivity contribution is -0.140. The monoisotopic (exact) mass is 585 g/mol. The zero-order valence-corrected chi connectivity index (χ0v) is 24.9. The molecule has 0 heterocycles. The van der Waals surface area contributed by atoms with Gasteiger partial charge in [-0.15, -0.1) is 0 Å². The van der Waals surface area contributed by atoms with Crippen LogP contribution in [0.15, 0.2) is 77.7 Å². The van der Waals surface area contributed by atoms with Crippen molar-refractivity contribution in [3.63, 3.8) is 0 Å². The largest absolute Gasteiger partial charge is 0.497 e. The van der Waals surface area contributed by atoms with Crippen LogP contribution in [0.2, 0.25) is 0 Å². The fourth-order valence-electron chi connectivity index (χ4n) is 4.09. The molecule has 2 amide bonds. The highest BCUT2D eigenvalue weighted by Gasteiger charge is 2.34. The van der Waals surface area contributed by atoms with Gasteiger partial charge in [0.2, 0.25) is 11.8 Å². The first-order valence-electron chi connectivity index (χ1n) is 12.9. The zero-order valence-electron chi connectivity index (χ0n) is 24.0. The fraction of sp³-hybridized carbons (Fsp3) is 0.333. The van der Waals surface area contributed by atoms with E-state index in [9.17, 15) is 22.4 Å². The molecule has 1 atom stereocenters. The fourth-order valence-corrected chi connectivity index (χ4v) is 5.52. The van der Waals surface area contributed by atoms with Gasteiger partial charge in [-0.3, -0.25) is 13.9 Å². The quantitative estimate of drug-likeness (QED) is 0.358. The van der Waals surface area contributed by atoms with Crippen molar-refractivity contribution in [2.45, 2.75) is 50.7 Å². The summed E-state index contributed by atoms with van der Waals surface area (Å²) in [6, 6.07) is 17.0. The van der Waals surface area contributed by atoms with Crippen molar-refractivity contribution in [2.75, 3.05) is 25.1 Å². The Kier molecular flexibility index (Phi) is 9.98. The van der Waals surface area contributed by atoms with Crippen LogP contribution in [0.5, 0.6) is 11.5 Å². The van der Waals surface area contributed by atoms with Crippen LogP contribution in [0, 0.1) is 5.82 Å². The average molecular weight is 586 g/mol. The lowest BCUT2D eigenvalue weighted by Crippen LogP contribution is -2.54. The third-order valence-electron chi connectivity index (χ3n) is 6.24. The first-order chi connectivity index (χ1) is 19.3. The topological polar surface area (TPSA) is 105 Å². The van der Waals surface area contributed by atoms with Gasteiger partial charge in [0.05, 0.1) is 24.8 Å². The van der Waals surface area contributed by atoms with Crippen LogP contribution in [-0.4, -0.2) is 57.5 Å². The van der Waals surface area contributed by atoms with E-state index in [-0.39, 0.29) is 28.4 Å². The standard InChI is InChI=1S/C30H36FN3O6S/c1-21(29(36)32-30(2,3)4)33(19-22-11-7-8-12-25(22)31)28(35)20-34(26-13-9-10-14-27(26)40-6)41(37,38)24-17-15-23(39-5)16-18-24/h7-18,21H,19-20H2,1-6H3,(H,32,36)/t21-/m1/s1. The molecule has 3 rings (SSSR count). The summed E-state index contributed by atoms with van der Waals surface area (Å²) < 4.78 is 54.1. The van der Waals surface area contributed by atoms with Crippen LogP contribution in [-0.2, 0) is 26.2 Å². The van der Waals surface area contributed by atoms with E-state index in [0.29, 0.717) is 5.75 Å². The third kappa shape index (κ3) is 7.75. The molecule has 0 unspecified atom stereocenters. The van der Waals surface area contributed by atoms with E-state index < -0.39 is 45.8 Å². The first-order valence-corrected chi connectivity index (χ1v) is 14.4. The van der Waals surface area contributed by atoms with Gasteiger partial charge >= 0.3 is 0 Å². The molecule has 1 N–H and O–H groups in total. The van der Waals surface area contributed by atoms with Gasteiger partial charge in [0, 0.05) is 17.6 Å². The van der Waals surface area contributed by atoms with E-state index >= 15 is 0 Å². The van der Waals surface area contributed by atoms with Gasteiger partial charge in [0.25, 0.3) is 10.0 Å². The number of nitrogens with one attached hydrogen (secondary N) is 1. The second kappa shape index (κ2) is 13.0.